The van der Waals surface area contributed by atoms with Crippen LogP contribution in [0.4, 0.5) is 0 Å². The van der Waals surface area contributed by atoms with E-state index in [9.17, 15) is 9.90 Å². The number of carbonyl (C=O) groups is 1. The quantitative estimate of drug-likeness (QED) is 0.683. The monoisotopic (exact) mass is 369 g/mol. The lowest BCUT2D eigenvalue weighted by atomic mass is 9.82. The fourth-order valence-electron chi connectivity index (χ4n) is 3.48. The van der Waals surface area contributed by atoms with Gasteiger partial charge in [-0.25, -0.2) is 4.79 Å². The van der Waals surface area contributed by atoms with Crippen LogP contribution in [0, 0.1) is 5.41 Å². The Kier molecular flexibility index (Phi) is 7.17. The first-order valence-electron chi connectivity index (χ1n) is 9.53. The molecule has 27 heavy (non-hydrogen) atoms. The third-order valence-corrected chi connectivity index (χ3v) is 5.34. The molecule has 0 fully saturated rings. The fourth-order valence-corrected chi connectivity index (χ4v) is 3.48. The van der Waals surface area contributed by atoms with Gasteiger partial charge in [0.05, 0.1) is 6.61 Å². The van der Waals surface area contributed by atoms with E-state index >= 15 is 0 Å². The van der Waals surface area contributed by atoms with Gasteiger partial charge < -0.3 is 14.7 Å². The van der Waals surface area contributed by atoms with Crippen LogP contribution in [0.5, 0.6) is 0 Å². The maximum atomic E-state index is 13.1. The Balaban J connectivity index is 2.33. The highest BCUT2D eigenvalue weighted by atomic mass is 16.6. The second-order valence-electron chi connectivity index (χ2n) is 7.46. The van der Waals surface area contributed by atoms with Gasteiger partial charge in [-0.2, -0.15) is 0 Å². The lowest BCUT2D eigenvalue weighted by Gasteiger charge is -2.35. The van der Waals surface area contributed by atoms with E-state index in [1.165, 1.54) is 0 Å². The van der Waals surface area contributed by atoms with Crippen molar-refractivity contribution >= 4 is 5.97 Å². The molecule has 0 aliphatic carbocycles. The summed E-state index contributed by atoms with van der Waals surface area (Å²) >= 11 is 0. The molecule has 0 atom stereocenters. The van der Waals surface area contributed by atoms with E-state index in [-0.39, 0.29) is 12.0 Å². The van der Waals surface area contributed by atoms with Crippen LogP contribution < -0.4 is 0 Å². The third kappa shape index (κ3) is 4.76. The summed E-state index contributed by atoms with van der Waals surface area (Å²) in [5.41, 5.74) is -0.943. The minimum atomic E-state index is -1.83. The highest BCUT2D eigenvalue weighted by Crippen LogP contribution is 2.33. The number of rotatable bonds is 9. The molecule has 4 nitrogen and oxygen atoms in total. The van der Waals surface area contributed by atoms with Gasteiger partial charge in [0.25, 0.3) is 0 Å². The predicted molar refractivity (Wildman–Crippen MR) is 108 cm³/mol. The van der Waals surface area contributed by atoms with Gasteiger partial charge in [-0.3, -0.25) is 0 Å². The number of nitrogens with zero attached hydrogens (tertiary/aromatic N) is 1. The zero-order chi connectivity index (χ0) is 19.9. The van der Waals surface area contributed by atoms with Crippen molar-refractivity contribution in [1.29, 1.82) is 0 Å². The van der Waals surface area contributed by atoms with Crippen LogP contribution in [-0.2, 0) is 15.1 Å². The molecule has 0 aliphatic heterocycles. The molecule has 4 heteroatoms. The summed E-state index contributed by atoms with van der Waals surface area (Å²) in [5, 5.41) is 11.5. The zero-order valence-electron chi connectivity index (χ0n) is 16.8. The Bertz CT molecular complexity index is 669. The van der Waals surface area contributed by atoms with Crippen LogP contribution >= 0.6 is 0 Å². The van der Waals surface area contributed by atoms with Gasteiger partial charge in [0, 0.05) is 12.0 Å². The van der Waals surface area contributed by atoms with E-state index in [4.69, 9.17) is 4.74 Å². The third-order valence-electron chi connectivity index (χ3n) is 5.34. The Morgan fingerprint density at radius 3 is 1.74 bits per heavy atom. The highest BCUT2D eigenvalue weighted by molar-refractivity contribution is 5.85. The Hall–Kier alpha value is -2.17. The molecule has 0 bridgehead atoms. The van der Waals surface area contributed by atoms with Gasteiger partial charge in [0.2, 0.25) is 5.60 Å². The number of ether oxygens (including phenoxy) is 1. The van der Waals surface area contributed by atoms with Crippen LogP contribution in [0.2, 0.25) is 0 Å². The van der Waals surface area contributed by atoms with Crippen LogP contribution in [0.25, 0.3) is 0 Å². The molecule has 146 valence electrons. The zero-order valence-corrected chi connectivity index (χ0v) is 16.8. The number of esters is 1. The lowest BCUT2D eigenvalue weighted by Crippen LogP contribution is -2.43. The van der Waals surface area contributed by atoms with Gasteiger partial charge >= 0.3 is 5.97 Å². The number of hydrogen-bond donors (Lipinski definition) is 1. The summed E-state index contributed by atoms with van der Waals surface area (Å²) in [6, 6.07) is 18.0. The van der Waals surface area contributed by atoms with Gasteiger partial charge in [0.15, 0.2) is 0 Å². The Labute approximate surface area is 162 Å². The first-order chi connectivity index (χ1) is 12.9. The van der Waals surface area contributed by atoms with Crippen molar-refractivity contribution in [1.82, 2.24) is 4.90 Å². The largest absolute Gasteiger partial charge is 0.462 e. The minimum Gasteiger partial charge on any atom is -0.462 e. The second kappa shape index (κ2) is 9.16. The van der Waals surface area contributed by atoms with E-state index in [1.54, 1.807) is 24.3 Å². The molecule has 2 aromatic carbocycles. The molecule has 0 radical (unpaired) electrons. The van der Waals surface area contributed by atoms with Crippen molar-refractivity contribution in [3.05, 3.63) is 71.8 Å². The molecule has 2 aromatic rings. The maximum absolute atomic E-state index is 13.1. The summed E-state index contributed by atoms with van der Waals surface area (Å²) in [4.78, 5) is 15.3. The van der Waals surface area contributed by atoms with Gasteiger partial charge in [0.1, 0.15) is 0 Å². The molecule has 0 aromatic heterocycles. The Morgan fingerprint density at radius 1 is 0.926 bits per heavy atom. The van der Waals surface area contributed by atoms with Crippen molar-refractivity contribution in [3.63, 3.8) is 0 Å². The van der Waals surface area contributed by atoms with Crippen molar-refractivity contribution in [2.45, 2.75) is 32.3 Å². The molecule has 0 spiro atoms. The molecule has 0 unspecified atom stereocenters. The summed E-state index contributed by atoms with van der Waals surface area (Å²) in [6.07, 6.45) is 1.79. The van der Waals surface area contributed by atoms with E-state index in [1.807, 2.05) is 50.5 Å². The number of aliphatic hydroxyl groups is 1. The summed E-state index contributed by atoms with van der Waals surface area (Å²) in [7, 11) is 4.04. The first kappa shape index (κ1) is 21.1. The molecule has 0 heterocycles. The summed E-state index contributed by atoms with van der Waals surface area (Å²) in [5.74, 6) is -0.634. The summed E-state index contributed by atoms with van der Waals surface area (Å²) < 4.78 is 5.75. The molecular formula is C23H31NO3. The van der Waals surface area contributed by atoms with E-state index in [0.29, 0.717) is 11.1 Å². The first-order valence-corrected chi connectivity index (χ1v) is 9.53. The predicted octanol–water partition coefficient (Wildman–Crippen LogP) is 3.83. The van der Waals surface area contributed by atoms with Crippen molar-refractivity contribution < 1.29 is 14.6 Å². The normalized spacial score (nSPS) is 12.2. The van der Waals surface area contributed by atoms with Crippen LogP contribution in [0.1, 0.15) is 37.8 Å². The van der Waals surface area contributed by atoms with Gasteiger partial charge in [-0.1, -0.05) is 74.5 Å². The number of hydrogen-bond acceptors (Lipinski definition) is 4. The molecule has 0 saturated heterocycles. The molecule has 0 saturated carbocycles. The van der Waals surface area contributed by atoms with E-state index in [0.717, 1.165) is 19.4 Å². The average molecular weight is 370 g/mol. The molecule has 0 amide bonds. The van der Waals surface area contributed by atoms with E-state index in [2.05, 4.69) is 18.7 Å². The number of benzene rings is 2. The van der Waals surface area contributed by atoms with Gasteiger partial charge in [-0.15, -0.1) is 0 Å². The standard InChI is InChI=1S/C23H31NO3/c1-5-22(6-2,17-24(3)4)18-27-21(25)23(26,19-13-9-7-10-14-19)20-15-11-8-12-16-20/h7-16,26H,5-6,17-18H2,1-4H3. The van der Waals surface area contributed by atoms with Crippen LogP contribution in [0.15, 0.2) is 60.7 Å². The average Bonchev–Trinajstić information content (AvgIpc) is 2.71. The fraction of sp³-hybridized carbons (Fsp3) is 0.435. The molecule has 2 rings (SSSR count). The van der Waals surface area contributed by atoms with Crippen molar-refractivity contribution in [3.8, 4) is 0 Å². The topological polar surface area (TPSA) is 49.8 Å². The maximum Gasteiger partial charge on any atom is 0.347 e. The van der Waals surface area contributed by atoms with Crippen molar-refractivity contribution in [2.24, 2.45) is 5.41 Å². The van der Waals surface area contributed by atoms with Crippen LogP contribution in [0.3, 0.4) is 0 Å². The minimum absolute atomic E-state index is 0.132. The van der Waals surface area contributed by atoms with Crippen LogP contribution in [-0.4, -0.2) is 43.2 Å². The van der Waals surface area contributed by atoms with E-state index < -0.39 is 11.6 Å². The Morgan fingerprint density at radius 2 is 1.37 bits per heavy atom. The molecule has 0 aliphatic rings. The van der Waals surface area contributed by atoms with Crippen molar-refractivity contribution in [2.75, 3.05) is 27.2 Å². The molecular weight excluding hydrogens is 338 g/mol. The highest BCUT2D eigenvalue weighted by Gasteiger charge is 2.42. The SMILES string of the molecule is CCC(CC)(COC(=O)C(O)(c1ccccc1)c1ccccc1)CN(C)C. The lowest BCUT2D eigenvalue weighted by molar-refractivity contribution is -0.166. The number of carbonyl (C=O) groups excluding carboxylic acids is 1. The second-order valence-corrected chi connectivity index (χ2v) is 7.46. The smallest absolute Gasteiger partial charge is 0.347 e. The molecule has 1 N–H and O–H groups in total. The van der Waals surface area contributed by atoms with Gasteiger partial charge in [-0.05, 0) is 38.1 Å². The summed E-state index contributed by atoms with van der Waals surface area (Å²) in [6.45, 7) is 5.32.